The average Bonchev–Trinajstić information content (AvgIpc) is 2.89. The van der Waals surface area contributed by atoms with E-state index in [1.54, 1.807) is 6.07 Å². The molecule has 1 aliphatic rings. The van der Waals surface area contributed by atoms with Crippen LogP contribution < -0.4 is 4.18 Å². The first-order valence-corrected chi connectivity index (χ1v) is 9.31. The van der Waals surface area contributed by atoms with Crippen LogP contribution in [0.2, 0.25) is 0 Å². The number of benzene rings is 1. The molecule has 2 N–H and O–H groups in total. The molecule has 1 fully saturated rings. The number of amides is 1. The maximum Gasteiger partial charge on any atom is 0.407 e. The Bertz CT molecular complexity index is 840. The molecule has 9 heteroatoms. The Balaban J connectivity index is 1.78. The monoisotopic (exact) mass is 402 g/mol. The average molecular weight is 403 g/mol. The molecule has 1 amide bonds. The summed E-state index contributed by atoms with van der Waals surface area (Å²) in [7, 11) is -3.81. The van der Waals surface area contributed by atoms with Crippen molar-refractivity contribution in [3.05, 3.63) is 28.9 Å². The van der Waals surface area contributed by atoms with Crippen molar-refractivity contribution in [1.82, 2.24) is 9.88 Å². The number of hydrogen-bond acceptors (Lipinski definition) is 4. The highest BCUT2D eigenvalue weighted by Crippen LogP contribution is 2.31. The summed E-state index contributed by atoms with van der Waals surface area (Å²) in [5.74, 6) is 0.252. The third-order valence-corrected chi connectivity index (χ3v) is 6.13. The number of carboxylic acid groups (broad SMARTS) is 1. The van der Waals surface area contributed by atoms with Crippen LogP contribution in [0.3, 0.4) is 0 Å². The summed E-state index contributed by atoms with van der Waals surface area (Å²) in [5, 5.41) is 8.89. The lowest BCUT2D eigenvalue weighted by molar-refractivity contribution is 0.135. The summed E-state index contributed by atoms with van der Waals surface area (Å²) in [4.78, 5) is 15.1. The summed E-state index contributed by atoms with van der Waals surface area (Å²) >= 11 is 3.35. The van der Waals surface area contributed by atoms with Gasteiger partial charge in [-0.15, -0.1) is 0 Å². The minimum Gasteiger partial charge on any atom is -0.465 e. The van der Waals surface area contributed by atoms with E-state index in [9.17, 15) is 13.2 Å². The molecule has 124 valence electrons. The molecule has 0 spiro atoms. The lowest BCUT2D eigenvalue weighted by Crippen LogP contribution is -2.42. The van der Waals surface area contributed by atoms with E-state index in [0.717, 1.165) is 9.99 Å². The lowest BCUT2D eigenvalue weighted by Gasteiger charge is -2.29. The van der Waals surface area contributed by atoms with Crippen LogP contribution >= 0.6 is 15.9 Å². The number of halogens is 1. The number of aromatic nitrogens is 1. The molecular formula is C14H15BrN2O5S. The Morgan fingerprint density at radius 1 is 1.35 bits per heavy atom. The summed E-state index contributed by atoms with van der Waals surface area (Å²) in [6, 6.07) is 5.45. The first-order valence-electron chi connectivity index (χ1n) is 7.04. The second kappa shape index (κ2) is 6.04. The third-order valence-electron chi connectivity index (χ3n) is 3.93. The fourth-order valence-electron chi connectivity index (χ4n) is 2.67. The van der Waals surface area contributed by atoms with Gasteiger partial charge in [-0.05, 0) is 31.0 Å². The molecule has 1 aromatic heterocycles. The van der Waals surface area contributed by atoms with Crippen molar-refractivity contribution in [1.29, 1.82) is 0 Å². The zero-order valence-electron chi connectivity index (χ0n) is 12.0. The number of fused-ring (bicyclic) bond motifs is 1. The fraction of sp³-hybridized carbons (Fsp3) is 0.357. The van der Waals surface area contributed by atoms with Crippen LogP contribution in [0.25, 0.3) is 10.9 Å². The molecule has 1 aromatic carbocycles. The van der Waals surface area contributed by atoms with E-state index in [1.807, 2.05) is 12.1 Å². The van der Waals surface area contributed by atoms with Gasteiger partial charge in [-0.3, -0.25) is 0 Å². The Kier molecular flexibility index (Phi) is 4.24. The second-order valence-corrected chi connectivity index (χ2v) is 8.12. The number of piperidine rings is 1. The standard InChI is InChI=1S/C14H15BrN2O5S/c15-9-1-2-12-11(7-9)13(8-16-12)22-23(20,21)10-3-5-17(6-4-10)14(18)19/h1-2,7-8,10,16H,3-6H2,(H,18,19). The van der Waals surface area contributed by atoms with Gasteiger partial charge in [-0.25, -0.2) is 4.79 Å². The minimum absolute atomic E-state index is 0.196. The number of likely N-dealkylation sites (tertiary alicyclic amines) is 1. The number of rotatable bonds is 3. The predicted octanol–water partition coefficient (Wildman–Crippen LogP) is 2.78. The Morgan fingerprint density at radius 2 is 2.04 bits per heavy atom. The van der Waals surface area contributed by atoms with E-state index in [0.29, 0.717) is 5.39 Å². The predicted molar refractivity (Wildman–Crippen MR) is 88.2 cm³/mol. The molecule has 0 aliphatic carbocycles. The van der Waals surface area contributed by atoms with E-state index >= 15 is 0 Å². The highest BCUT2D eigenvalue weighted by atomic mass is 79.9. The van der Waals surface area contributed by atoms with Gasteiger partial charge in [-0.1, -0.05) is 15.9 Å². The Morgan fingerprint density at radius 3 is 2.70 bits per heavy atom. The molecule has 3 rings (SSSR count). The van der Waals surface area contributed by atoms with Gasteiger partial charge in [0, 0.05) is 34.7 Å². The number of nitrogens with zero attached hydrogens (tertiary/aromatic N) is 1. The normalized spacial score (nSPS) is 16.7. The maximum atomic E-state index is 12.4. The minimum atomic E-state index is -3.81. The van der Waals surface area contributed by atoms with Crippen molar-refractivity contribution < 1.29 is 22.5 Å². The zero-order chi connectivity index (χ0) is 16.6. The van der Waals surface area contributed by atoms with Gasteiger partial charge in [0.05, 0.1) is 0 Å². The molecular weight excluding hydrogens is 388 g/mol. The van der Waals surface area contributed by atoms with Crippen molar-refractivity contribution in [3.63, 3.8) is 0 Å². The van der Waals surface area contributed by atoms with Crippen LogP contribution in [-0.4, -0.2) is 47.8 Å². The van der Waals surface area contributed by atoms with Crippen LogP contribution in [0.15, 0.2) is 28.9 Å². The molecule has 23 heavy (non-hydrogen) atoms. The van der Waals surface area contributed by atoms with Crippen molar-refractivity contribution in [2.45, 2.75) is 18.1 Å². The van der Waals surface area contributed by atoms with Crippen molar-refractivity contribution in [2.75, 3.05) is 13.1 Å². The third kappa shape index (κ3) is 3.30. The summed E-state index contributed by atoms with van der Waals surface area (Å²) in [6.07, 6.45) is 0.964. The zero-order valence-corrected chi connectivity index (χ0v) is 14.4. The van der Waals surface area contributed by atoms with Gasteiger partial charge >= 0.3 is 16.2 Å². The van der Waals surface area contributed by atoms with Gasteiger partial charge in [0.25, 0.3) is 0 Å². The largest absolute Gasteiger partial charge is 0.465 e. The molecule has 2 aromatic rings. The first-order chi connectivity index (χ1) is 10.9. The van der Waals surface area contributed by atoms with Gasteiger partial charge < -0.3 is 19.2 Å². The van der Waals surface area contributed by atoms with Crippen LogP contribution in [0.4, 0.5) is 4.79 Å². The smallest absolute Gasteiger partial charge is 0.407 e. The van der Waals surface area contributed by atoms with Crippen LogP contribution in [0.5, 0.6) is 5.75 Å². The SMILES string of the molecule is O=C(O)N1CCC(S(=O)(=O)Oc2c[nH]c3ccc(Br)cc23)CC1. The fourth-order valence-corrected chi connectivity index (χ4v) is 4.34. The number of H-pyrrole nitrogens is 1. The summed E-state index contributed by atoms with van der Waals surface area (Å²) < 4.78 is 31.0. The number of aromatic amines is 1. The molecule has 1 saturated heterocycles. The van der Waals surface area contributed by atoms with Crippen LogP contribution in [-0.2, 0) is 10.1 Å². The molecule has 0 radical (unpaired) electrons. The van der Waals surface area contributed by atoms with E-state index in [4.69, 9.17) is 9.29 Å². The van der Waals surface area contributed by atoms with E-state index in [1.165, 1.54) is 11.1 Å². The Hall–Kier alpha value is -1.74. The van der Waals surface area contributed by atoms with Gasteiger partial charge in [0.2, 0.25) is 0 Å². The highest BCUT2D eigenvalue weighted by molar-refractivity contribution is 9.10. The highest BCUT2D eigenvalue weighted by Gasteiger charge is 2.33. The number of nitrogens with one attached hydrogen (secondary N) is 1. The number of carbonyl (C=O) groups is 1. The Labute approximate surface area is 141 Å². The molecule has 0 atom stereocenters. The van der Waals surface area contributed by atoms with Crippen LogP contribution in [0, 0.1) is 0 Å². The molecule has 0 bridgehead atoms. The topological polar surface area (TPSA) is 99.7 Å². The van der Waals surface area contributed by atoms with Gasteiger partial charge in [0.15, 0.2) is 5.75 Å². The first kappa shape index (κ1) is 16.1. The molecule has 7 nitrogen and oxygen atoms in total. The van der Waals surface area contributed by atoms with Crippen molar-refractivity contribution in [2.24, 2.45) is 0 Å². The maximum absolute atomic E-state index is 12.4. The lowest BCUT2D eigenvalue weighted by atomic mass is 10.1. The second-order valence-electron chi connectivity index (χ2n) is 5.39. The molecule has 0 unspecified atom stereocenters. The van der Waals surface area contributed by atoms with E-state index in [2.05, 4.69) is 20.9 Å². The van der Waals surface area contributed by atoms with Gasteiger partial charge in [0.1, 0.15) is 5.25 Å². The number of hydrogen-bond donors (Lipinski definition) is 2. The van der Waals surface area contributed by atoms with Crippen molar-refractivity contribution >= 4 is 43.0 Å². The molecule has 2 heterocycles. The van der Waals surface area contributed by atoms with E-state index in [-0.39, 0.29) is 31.7 Å². The van der Waals surface area contributed by atoms with Crippen LogP contribution in [0.1, 0.15) is 12.8 Å². The quantitative estimate of drug-likeness (QED) is 0.768. The summed E-state index contributed by atoms with van der Waals surface area (Å²) in [6.45, 7) is 0.393. The van der Waals surface area contributed by atoms with Crippen molar-refractivity contribution in [3.8, 4) is 5.75 Å². The summed E-state index contributed by atoms with van der Waals surface area (Å²) in [5.41, 5.74) is 0.777. The molecule has 1 aliphatic heterocycles. The van der Waals surface area contributed by atoms with E-state index < -0.39 is 21.5 Å². The van der Waals surface area contributed by atoms with Gasteiger partial charge in [-0.2, -0.15) is 8.42 Å². The molecule has 0 saturated carbocycles.